The van der Waals surface area contributed by atoms with E-state index in [1.165, 1.54) is 11.3 Å². The number of H-pyrrole nitrogens is 1. The number of thiophene rings is 1. The maximum atomic E-state index is 12.7. The van der Waals surface area contributed by atoms with Crippen LogP contribution in [0.25, 0.3) is 21.3 Å². The fourth-order valence-corrected chi connectivity index (χ4v) is 4.06. The number of hydrogen-bond acceptors (Lipinski definition) is 6. The Balaban J connectivity index is 1.98. The molecule has 0 saturated heterocycles. The second-order valence-electron chi connectivity index (χ2n) is 7.03. The van der Waals surface area contributed by atoms with E-state index in [1.807, 2.05) is 41.6 Å². The number of nitrogens with zero attached hydrogens (tertiary/aromatic N) is 2. The molecule has 138 valence electrons. The highest BCUT2D eigenvalue weighted by molar-refractivity contribution is 7.17. The van der Waals surface area contributed by atoms with E-state index in [9.17, 15) is 9.90 Å². The van der Waals surface area contributed by atoms with Gasteiger partial charge in [0.05, 0.1) is 24.6 Å². The van der Waals surface area contributed by atoms with Crippen molar-refractivity contribution in [1.82, 2.24) is 14.9 Å². The molecule has 0 unspecified atom stereocenters. The highest BCUT2D eigenvalue weighted by Gasteiger charge is 2.18. The molecule has 0 spiro atoms. The van der Waals surface area contributed by atoms with Crippen LogP contribution in [0.4, 0.5) is 0 Å². The number of rotatable bonds is 6. The minimum Gasteiger partial charge on any atom is -0.496 e. The number of para-hydroxylation sites is 1. The Labute approximate surface area is 156 Å². The zero-order chi connectivity index (χ0) is 18.9. The van der Waals surface area contributed by atoms with Crippen LogP contribution >= 0.6 is 11.3 Å². The molecule has 2 N–H and O–H groups in total. The minimum atomic E-state index is -0.806. The Morgan fingerprint density at radius 1 is 1.31 bits per heavy atom. The minimum absolute atomic E-state index is 0.163. The van der Waals surface area contributed by atoms with Crippen molar-refractivity contribution in [2.75, 3.05) is 20.7 Å². The van der Waals surface area contributed by atoms with Gasteiger partial charge in [-0.25, -0.2) is 4.98 Å². The Hall–Kier alpha value is -2.22. The predicted molar refractivity (Wildman–Crippen MR) is 105 cm³/mol. The number of ether oxygens (including phenoxy) is 1. The van der Waals surface area contributed by atoms with Crippen LogP contribution in [-0.2, 0) is 6.54 Å². The van der Waals surface area contributed by atoms with Crippen molar-refractivity contribution in [3.63, 3.8) is 0 Å². The monoisotopic (exact) mass is 373 g/mol. The van der Waals surface area contributed by atoms with E-state index in [1.54, 1.807) is 21.0 Å². The molecule has 1 aromatic carbocycles. The highest BCUT2D eigenvalue weighted by Crippen LogP contribution is 2.36. The normalized spacial score (nSPS) is 12.1. The first-order valence-corrected chi connectivity index (χ1v) is 9.21. The zero-order valence-corrected chi connectivity index (χ0v) is 16.2. The fraction of sp³-hybridized carbons (Fsp3) is 0.368. The van der Waals surface area contributed by atoms with E-state index in [-0.39, 0.29) is 5.56 Å². The smallest absolute Gasteiger partial charge is 0.260 e. The lowest BCUT2D eigenvalue weighted by Crippen LogP contribution is -2.36. The molecule has 3 rings (SSSR count). The van der Waals surface area contributed by atoms with Gasteiger partial charge in [0, 0.05) is 23.1 Å². The van der Waals surface area contributed by atoms with Crippen molar-refractivity contribution < 1.29 is 9.84 Å². The lowest BCUT2D eigenvalue weighted by atomic mass is 10.1. The lowest BCUT2D eigenvalue weighted by Gasteiger charge is -2.24. The molecule has 2 aromatic heterocycles. The summed E-state index contributed by atoms with van der Waals surface area (Å²) in [7, 11) is 3.50. The summed E-state index contributed by atoms with van der Waals surface area (Å²) in [5, 5.41) is 12.4. The number of nitrogens with one attached hydrogen (secondary N) is 1. The first-order valence-electron chi connectivity index (χ1n) is 8.33. The van der Waals surface area contributed by atoms with E-state index in [2.05, 4.69) is 9.97 Å². The Bertz CT molecular complexity index is 972. The molecule has 3 aromatic rings. The summed E-state index contributed by atoms with van der Waals surface area (Å²) in [5.41, 5.74) is 0.732. The summed E-state index contributed by atoms with van der Waals surface area (Å²) in [4.78, 5) is 22.8. The van der Waals surface area contributed by atoms with Crippen LogP contribution < -0.4 is 10.3 Å². The third kappa shape index (κ3) is 3.95. The third-order valence-electron chi connectivity index (χ3n) is 3.97. The van der Waals surface area contributed by atoms with Crippen LogP contribution in [0.1, 0.15) is 19.7 Å². The van der Waals surface area contributed by atoms with Crippen molar-refractivity contribution in [2.45, 2.75) is 26.0 Å². The quantitative estimate of drug-likeness (QED) is 0.695. The third-order valence-corrected chi connectivity index (χ3v) is 4.84. The Kier molecular flexibility index (Phi) is 5.13. The maximum Gasteiger partial charge on any atom is 0.260 e. The first-order chi connectivity index (χ1) is 12.3. The molecule has 7 heteroatoms. The van der Waals surface area contributed by atoms with Gasteiger partial charge in [-0.15, -0.1) is 11.3 Å². The predicted octanol–water partition coefficient (Wildman–Crippen LogP) is 2.86. The van der Waals surface area contributed by atoms with E-state index in [0.29, 0.717) is 29.1 Å². The van der Waals surface area contributed by atoms with E-state index >= 15 is 0 Å². The number of likely N-dealkylation sites (N-methyl/N-ethyl adjacent to an activating group) is 1. The van der Waals surface area contributed by atoms with Gasteiger partial charge in [0.1, 0.15) is 16.4 Å². The second-order valence-corrected chi connectivity index (χ2v) is 7.89. The number of aromatic amines is 1. The molecule has 6 nitrogen and oxygen atoms in total. The van der Waals surface area contributed by atoms with Crippen LogP contribution in [0.2, 0.25) is 0 Å². The average molecular weight is 373 g/mol. The topological polar surface area (TPSA) is 78.5 Å². The summed E-state index contributed by atoms with van der Waals surface area (Å²) in [5.74, 6) is 1.31. The number of aliphatic hydroxyl groups is 1. The zero-order valence-electron chi connectivity index (χ0n) is 15.4. The fourth-order valence-electron chi connectivity index (χ4n) is 3.11. The van der Waals surface area contributed by atoms with Crippen LogP contribution in [0.15, 0.2) is 34.4 Å². The lowest BCUT2D eigenvalue weighted by molar-refractivity contribution is 0.0418. The summed E-state index contributed by atoms with van der Waals surface area (Å²) < 4.78 is 5.42. The standard InChI is InChI=1S/C19H23N3O3S/c1-19(2,24)11-22(3)9-15-20-17(23)16-13(10-26-18(16)21-15)12-7-5-6-8-14(12)25-4/h5-8,10,24H,9,11H2,1-4H3,(H,20,21,23). The molecule has 0 aliphatic heterocycles. The largest absolute Gasteiger partial charge is 0.496 e. The summed E-state index contributed by atoms with van der Waals surface area (Å²) in [6.45, 7) is 4.44. The van der Waals surface area contributed by atoms with Gasteiger partial charge in [0.15, 0.2) is 0 Å². The number of methoxy groups -OCH3 is 1. The van der Waals surface area contributed by atoms with E-state index in [0.717, 1.165) is 16.9 Å². The Morgan fingerprint density at radius 3 is 2.73 bits per heavy atom. The molecule has 0 radical (unpaired) electrons. The molecular weight excluding hydrogens is 350 g/mol. The van der Waals surface area contributed by atoms with Crippen molar-refractivity contribution in [3.05, 3.63) is 45.8 Å². The molecule has 0 atom stereocenters. The van der Waals surface area contributed by atoms with Gasteiger partial charge in [-0.2, -0.15) is 0 Å². The van der Waals surface area contributed by atoms with Crippen LogP contribution in [0.3, 0.4) is 0 Å². The molecule has 0 fully saturated rings. The number of fused-ring (bicyclic) bond motifs is 1. The molecule has 26 heavy (non-hydrogen) atoms. The molecule has 2 heterocycles. The Morgan fingerprint density at radius 2 is 2.04 bits per heavy atom. The van der Waals surface area contributed by atoms with E-state index < -0.39 is 5.60 Å². The van der Waals surface area contributed by atoms with Crippen LogP contribution in [0.5, 0.6) is 5.75 Å². The van der Waals surface area contributed by atoms with Crippen LogP contribution in [0, 0.1) is 0 Å². The van der Waals surface area contributed by atoms with Gasteiger partial charge < -0.3 is 14.8 Å². The molecule has 0 amide bonds. The van der Waals surface area contributed by atoms with Crippen molar-refractivity contribution >= 4 is 21.6 Å². The van der Waals surface area contributed by atoms with Gasteiger partial charge >= 0.3 is 0 Å². The highest BCUT2D eigenvalue weighted by atomic mass is 32.1. The van der Waals surface area contributed by atoms with Crippen molar-refractivity contribution in [1.29, 1.82) is 0 Å². The molecule has 0 aliphatic carbocycles. The summed E-state index contributed by atoms with van der Waals surface area (Å²) in [6.07, 6.45) is 0. The molecular formula is C19H23N3O3S. The molecule has 0 aliphatic rings. The molecule has 0 bridgehead atoms. The van der Waals surface area contributed by atoms with Crippen molar-refractivity contribution in [2.24, 2.45) is 0 Å². The SMILES string of the molecule is COc1ccccc1-c1csc2nc(CN(C)CC(C)(C)O)[nH]c(=O)c12. The molecule has 0 saturated carbocycles. The first kappa shape index (κ1) is 18.6. The maximum absolute atomic E-state index is 12.7. The summed E-state index contributed by atoms with van der Waals surface area (Å²) in [6, 6.07) is 7.63. The van der Waals surface area contributed by atoms with Gasteiger partial charge in [-0.05, 0) is 27.0 Å². The van der Waals surface area contributed by atoms with Gasteiger partial charge in [0.2, 0.25) is 0 Å². The van der Waals surface area contributed by atoms with Gasteiger partial charge in [0.25, 0.3) is 5.56 Å². The van der Waals surface area contributed by atoms with Gasteiger partial charge in [-0.1, -0.05) is 18.2 Å². The van der Waals surface area contributed by atoms with Crippen molar-refractivity contribution in [3.8, 4) is 16.9 Å². The van der Waals surface area contributed by atoms with Gasteiger partial charge in [-0.3, -0.25) is 9.69 Å². The van der Waals surface area contributed by atoms with Crippen LogP contribution in [-0.4, -0.2) is 46.3 Å². The number of aromatic nitrogens is 2. The number of hydrogen-bond donors (Lipinski definition) is 2. The second kappa shape index (κ2) is 7.19. The number of benzene rings is 1. The average Bonchev–Trinajstić information content (AvgIpc) is 2.97. The van der Waals surface area contributed by atoms with E-state index in [4.69, 9.17) is 4.74 Å². The summed E-state index contributed by atoms with van der Waals surface area (Å²) >= 11 is 1.44.